The van der Waals surface area contributed by atoms with Gasteiger partial charge in [-0.1, -0.05) is 37.4 Å². The molecule has 0 radical (unpaired) electrons. The predicted octanol–water partition coefficient (Wildman–Crippen LogP) is 5.47. The lowest BCUT2D eigenvalue weighted by atomic mass is 10.2. The number of halogens is 4. The average molecular weight is 278 g/mol. The Kier molecular flexibility index (Phi) is 5.54. The van der Waals surface area contributed by atoms with E-state index in [1.54, 1.807) is 6.20 Å². The lowest BCUT2D eigenvalue weighted by molar-refractivity contribution is -0.137. The van der Waals surface area contributed by atoms with Crippen LogP contribution >= 0.6 is 11.6 Å². The molecule has 1 N–H and O–H groups in total. The molecule has 1 aromatic carbocycles. The summed E-state index contributed by atoms with van der Waals surface area (Å²) in [6.07, 6.45) is 2.17. The van der Waals surface area contributed by atoms with E-state index in [4.69, 9.17) is 11.6 Å². The first-order valence-electron chi connectivity index (χ1n) is 5.73. The summed E-state index contributed by atoms with van der Waals surface area (Å²) in [4.78, 5) is 0. The first kappa shape index (κ1) is 14.9. The SMILES string of the molecule is CCCCC=CNc1ccc(Cl)c(C(F)(F)F)c1. The Hall–Kier alpha value is -1.16. The summed E-state index contributed by atoms with van der Waals surface area (Å²) in [5.74, 6) is 0. The number of hydrogen-bond acceptors (Lipinski definition) is 1. The van der Waals surface area contributed by atoms with Gasteiger partial charge in [0.2, 0.25) is 0 Å². The number of hydrogen-bond donors (Lipinski definition) is 1. The fourth-order valence-electron chi connectivity index (χ4n) is 1.39. The largest absolute Gasteiger partial charge is 0.417 e. The highest BCUT2D eigenvalue weighted by Crippen LogP contribution is 2.36. The van der Waals surface area contributed by atoms with Crippen LogP contribution in [0.5, 0.6) is 0 Å². The minimum Gasteiger partial charge on any atom is -0.362 e. The zero-order chi connectivity index (χ0) is 13.6. The van der Waals surface area contributed by atoms with Crippen LogP contribution in [0.15, 0.2) is 30.5 Å². The van der Waals surface area contributed by atoms with Crippen molar-refractivity contribution in [3.05, 3.63) is 41.1 Å². The van der Waals surface area contributed by atoms with Gasteiger partial charge in [-0.05, 0) is 30.8 Å². The van der Waals surface area contributed by atoms with Crippen LogP contribution in [0.3, 0.4) is 0 Å². The second kappa shape index (κ2) is 6.69. The summed E-state index contributed by atoms with van der Waals surface area (Å²) in [6.45, 7) is 2.08. The van der Waals surface area contributed by atoms with Crippen molar-refractivity contribution in [1.29, 1.82) is 0 Å². The van der Waals surface area contributed by atoms with Crippen LogP contribution < -0.4 is 5.32 Å². The van der Waals surface area contributed by atoms with Crippen LogP contribution in [-0.2, 0) is 6.18 Å². The van der Waals surface area contributed by atoms with Gasteiger partial charge in [0.15, 0.2) is 0 Å². The van der Waals surface area contributed by atoms with Crippen molar-refractivity contribution in [2.45, 2.75) is 32.4 Å². The third-order valence-electron chi connectivity index (χ3n) is 2.36. The third-order valence-corrected chi connectivity index (χ3v) is 2.69. The molecular weight excluding hydrogens is 263 g/mol. The molecule has 0 heterocycles. The van der Waals surface area contributed by atoms with Gasteiger partial charge in [-0.3, -0.25) is 0 Å². The Bertz CT molecular complexity index is 413. The second-order valence-electron chi connectivity index (χ2n) is 3.88. The fraction of sp³-hybridized carbons (Fsp3) is 0.385. The van der Waals surface area contributed by atoms with Crippen molar-refractivity contribution < 1.29 is 13.2 Å². The van der Waals surface area contributed by atoms with Gasteiger partial charge < -0.3 is 5.32 Å². The van der Waals surface area contributed by atoms with Gasteiger partial charge in [-0.15, -0.1) is 0 Å². The van der Waals surface area contributed by atoms with E-state index in [2.05, 4.69) is 12.2 Å². The highest BCUT2D eigenvalue weighted by Gasteiger charge is 2.33. The molecule has 18 heavy (non-hydrogen) atoms. The van der Waals surface area contributed by atoms with Crippen LogP contribution in [0.2, 0.25) is 5.02 Å². The van der Waals surface area contributed by atoms with E-state index in [0.717, 1.165) is 25.3 Å². The second-order valence-corrected chi connectivity index (χ2v) is 4.29. The van der Waals surface area contributed by atoms with Crippen LogP contribution in [0.25, 0.3) is 0 Å². The molecule has 0 saturated carbocycles. The van der Waals surface area contributed by atoms with Crippen molar-refractivity contribution in [3.63, 3.8) is 0 Å². The zero-order valence-electron chi connectivity index (χ0n) is 10.0. The topological polar surface area (TPSA) is 12.0 Å². The number of anilines is 1. The maximum Gasteiger partial charge on any atom is 0.417 e. The van der Waals surface area contributed by atoms with Gasteiger partial charge in [0.25, 0.3) is 0 Å². The van der Waals surface area contributed by atoms with E-state index in [1.807, 2.05) is 6.08 Å². The Morgan fingerprint density at radius 1 is 1.33 bits per heavy atom. The maximum atomic E-state index is 12.6. The van der Waals surface area contributed by atoms with Gasteiger partial charge in [-0.2, -0.15) is 13.2 Å². The zero-order valence-corrected chi connectivity index (χ0v) is 10.8. The molecular formula is C13H15ClF3N. The van der Waals surface area contributed by atoms with Gasteiger partial charge in [0.1, 0.15) is 0 Å². The lowest BCUT2D eigenvalue weighted by Gasteiger charge is -2.10. The molecule has 0 unspecified atom stereocenters. The minimum atomic E-state index is -4.43. The molecule has 0 aliphatic heterocycles. The number of rotatable bonds is 5. The summed E-state index contributed by atoms with van der Waals surface area (Å²) in [6, 6.07) is 3.76. The van der Waals surface area contributed by atoms with Crippen molar-refractivity contribution in [2.24, 2.45) is 0 Å². The predicted molar refractivity (Wildman–Crippen MR) is 68.7 cm³/mol. The maximum absolute atomic E-state index is 12.6. The van der Waals surface area contributed by atoms with E-state index in [1.165, 1.54) is 12.1 Å². The monoisotopic (exact) mass is 277 g/mol. The summed E-state index contributed by atoms with van der Waals surface area (Å²) < 4.78 is 37.8. The molecule has 1 aromatic rings. The number of nitrogens with one attached hydrogen (secondary N) is 1. The van der Waals surface area contributed by atoms with Crippen molar-refractivity contribution in [1.82, 2.24) is 0 Å². The quantitative estimate of drug-likeness (QED) is 0.703. The summed E-state index contributed by atoms with van der Waals surface area (Å²) in [7, 11) is 0. The summed E-state index contributed by atoms with van der Waals surface area (Å²) in [5.41, 5.74) is -0.449. The molecule has 0 amide bonds. The molecule has 1 rings (SSSR count). The van der Waals surface area contributed by atoms with Crippen LogP contribution in [0, 0.1) is 0 Å². The molecule has 1 nitrogen and oxygen atoms in total. The van der Waals surface area contributed by atoms with Crippen LogP contribution in [-0.4, -0.2) is 0 Å². The smallest absolute Gasteiger partial charge is 0.362 e. The highest BCUT2D eigenvalue weighted by atomic mass is 35.5. The highest BCUT2D eigenvalue weighted by molar-refractivity contribution is 6.31. The fourth-order valence-corrected chi connectivity index (χ4v) is 1.62. The van der Waals surface area contributed by atoms with Crippen molar-refractivity contribution in [3.8, 4) is 0 Å². The molecule has 0 saturated heterocycles. The average Bonchev–Trinajstić information content (AvgIpc) is 2.29. The molecule has 0 aliphatic rings. The molecule has 0 fully saturated rings. The third kappa shape index (κ3) is 4.61. The Labute approximate surface area is 110 Å². The van der Waals surface area contributed by atoms with E-state index in [9.17, 15) is 13.2 Å². The molecule has 5 heteroatoms. The number of alkyl halides is 3. The van der Waals surface area contributed by atoms with Crippen molar-refractivity contribution >= 4 is 17.3 Å². The standard InChI is InChI=1S/C13H15ClF3N/c1-2-3-4-5-8-18-10-6-7-12(14)11(9-10)13(15,16)17/h5-9,18H,2-4H2,1H3. The lowest BCUT2D eigenvalue weighted by Crippen LogP contribution is -2.06. The molecule has 100 valence electrons. The van der Waals surface area contributed by atoms with E-state index >= 15 is 0 Å². The molecule has 0 atom stereocenters. The van der Waals surface area contributed by atoms with E-state index in [-0.39, 0.29) is 5.02 Å². The van der Waals surface area contributed by atoms with Crippen LogP contribution in [0.1, 0.15) is 31.7 Å². The van der Waals surface area contributed by atoms with Gasteiger partial charge in [-0.25, -0.2) is 0 Å². The first-order valence-corrected chi connectivity index (χ1v) is 6.11. The summed E-state index contributed by atoms with van der Waals surface area (Å²) >= 11 is 5.52. The first-order chi connectivity index (χ1) is 8.45. The van der Waals surface area contributed by atoms with Gasteiger partial charge in [0, 0.05) is 5.69 Å². The van der Waals surface area contributed by atoms with E-state index < -0.39 is 11.7 Å². The van der Waals surface area contributed by atoms with Gasteiger partial charge >= 0.3 is 6.18 Å². The minimum absolute atomic E-state index is 0.289. The number of unbranched alkanes of at least 4 members (excludes halogenated alkanes) is 2. The Morgan fingerprint density at radius 3 is 2.67 bits per heavy atom. The molecule has 0 aromatic heterocycles. The normalized spacial score (nSPS) is 12.1. The molecule has 0 bridgehead atoms. The summed E-state index contributed by atoms with van der Waals surface area (Å²) in [5, 5.41) is 2.52. The van der Waals surface area contributed by atoms with E-state index in [0.29, 0.717) is 5.69 Å². The van der Waals surface area contributed by atoms with Crippen LogP contribution in [0.4, 0.5) is 18.9 Å². The number of allylic oxidation sites excluding steroid dienone is 1. The van der Waals surface area contributed by atoms with Gasteiger partial charge in [0.05, 0.1) is 10.6 Å². The molecule has 0 aliphatic carbocycles. The Morgan fingerprint density at radius 2 is 2.06 bits per heavy atom. The number of benzene rings is 1. The Balaban J connectivity index is 2.71. The van der Waals surface area contributed by atoms with Crippen molar-refractivity contribution in [2.75, 3.05) is 5.32 Å². The molecule has 0 spiro atoms.